The number of ketones is 1. The molecule has 0 saturated carbocycles. The van der Waals surface area contributed by atoms with Gasteiger partial charge in [-0.15, -0.1) is 0 Å². The first-order chi connectivity index (χ1) is 10.1. The summed E-state index contributed by atoms with van der Waals surface area (Å²) in [6.45, 7) is -1.05. The molecule has 2 aromatic rings. The van der Waals surface area contributed by atoms with Crippen LogP contribution in [0, 0.1) is 0 Å². The highest BCUT2D eigenvalue weighted by Crippen LogP contribution is 2.29. The van der Waals surface area contributed by atoms with Crippen molar-refractivity contribution in [2.75, 3.05) is 0 Å². The Morgan fingerprint density at radius 3 is 2.29 bits per heavy atom. The van der Waals surface area contributed by atoms with E-state index >= 15 is 0 Å². The molecule has 0 aliphatic carbocycles. The maximum absolute atomic E-state index is 12.7. The van der Waals surface area contributed by atoms with Crippen LogP contribution in [0.3, 0.4) is 0 Å². The van der Waals surface area contributed by atoms with E-state index in [1.165, 1.54) is 12.1 Å². The van der Waals surface area contributed by atoms with Crippen molar-refractivity contribution in [2.24, 2.45) is 0 Å². The minimum Gasteiger partial charge on any atom is -0.434 e. The molecule has 21 heavy (non-hydrogen) atoms. The van der Waals surface area contributed by atoms with Crippen molar-refractivity contribution < 1.29 is 18.3 Å². The van der Waals surface area contributed by atoms with Gasteiger partial charge in [-0.2, -0.15) is 8.78 Å². The Balaban J connectivity index is 2.34. The lowest BCUT2D eigenvalue weighted by atomic mass is 9.88. The largest absolute Gasteiger partial charge is 0.434 e. The zero-order chi connectivity index (χ0) is 15.2. The number of Topliss-reactive ketones (excluding diaryl/α,β-unsaturated/α-hetero) is 1. The van der Waals surface area contributed by atoms with Gasteiger partial charge < -0.3 is 4.74 Å². The first kappa shape index (κ1) is 15.2. The minimum absolute atomic E-state index is 0.0770. The molecule has 0 bridgehead atoms. The molecule has 0 amide bonds. The molecule has 0 aliphatic heterocycles. The summed E-state index contributed by atoms with van der Waals surface area (Å²) in [7, 11) is 0. The lowest BCUT2D eigenvalue weighted by Crippen LogP contribution is -2.15. The van der Waals surface area contributed by atoms with E-state index in [2.05, 4.69) is 4.74 Å². The molecular weight excluding hydrogens is 274 g/mol. The molecule has 0 fully saturated rings. The number of rotatable bonds is 6. The van der Waals surface area contributed by atoms with Crippen molar-refractivity contribution >= 4 is 5.78 Å². The van der Waals surface area contributed by atoms with E-state index in [9.17, 15) is 13.6 Å². The number of ether oxygens (including phenoxy) is 1. The van der Waals surface area contributed by atoms with Gasteiger partial charge in [0.25, 0.3) is 0 Å². The monoisotopic (exact) mass is 290 g/mol. The molecular formula is C17H16F2O2. The third kappa shape index (κ3) is 3.66. The number of carbonyl (C=O) groups is 1. The van der Waals surface area contributed by atoms with Crippen LogP contribution in [-0.2, 0) is 0 Å². The van der Waals surface area contributed by atoms with Crippen LogP contribution in [-0.4, -0.2) is 12.4 Å². The Morgan fingerprint density at radius 1 is 1.05 bits per heavy atom. The van der Waals surface area contributed by atoms with Crippen LogP contribution in [0.2, 0.25) is 0 Å². The second-order valence-electron chi connectivity index (χ2n) is 4.61. The Morgan fingerprint density at radius 2 is 1.67 bits per heavy atom. The van der Waals surface area contributed by atoms with Crippen LogP contribution in [0.25, 0.3) is 0 Å². The van der Waals surface area contributed by atoms with Crippen LogP contribution in [0.4, 0.5) is 8.78 Å². The predicted molar refractivity (Wildman–Crippen MR) is 76.9 cm³/mol. The fourth-order valence-corrected chi connectivity index (χ4v) is 2.31. The molecule has 1 atom stereocenters. The summed E-state index contributed by atoms with van der Waals surface area (Å²) in [6, 6.07) is 15.4. The second-order valence-corrected chi connectivity index (χ2v) is 4.61. The Kier molecular flexibility index (Phi) is 5.04. The third-order valence-electron chi connectivity index (χ3n) is 3.30. The molecule has 2 aromatic carbocycles. The van der Waals surface area contributed by atoms with Crippen molar-refractivity contribution in [3.8, 4) is 5.75 Å². The summed E-state index contributed by atoms with van der Waals surface area (Å²) in [4.78, 5) is 12.7. The SMILES string of the molecule is CCC(C(=O)c1ccccc1OC(F)F)c1ccccc1. The van der Waals surface area contributed by atoms with Gasteiger partial charge in [0.2, 0.25) is 0 Å². The predicted octanol–water partition coefficient (Wildman–Crippen LogP) is 4.66. The van der Waals surface area contributed by atoms with E-state index < -0.39 is 6.61 Å². The lowest BCUT2D eigenvalue weighted by molar-refractivity contribution is -0.0501. The molecule has 0 N–H and O–H groups in total. The fourth-order valence-electron chi connectivity index (χ4n) is 2.31. The number of halogens is 2. The molecule has 0 aromatic heterocycles. The standard InChI is InChI=1S/C17H16F2O2/c1-2-13(12-8-4-3-5-9-12)16(20)14-10-6-7-11-15(14)21-17(18)19/h3-11,13,17H,2H2,1H3. The maximum Gasteiger partial charge on any atom is 0.387 e. The fraction of sp³-hybridized carbons (Fsp3) is 0.235. The van der Waals surface area contributed by atoms with Crippen LogP contribution in [0.1, 0.15) is 35.2 Å². The van der Waals surface area contributed by atoms with Crippen molar-refractivity contribution in [3.05, 3.63) is 65.7 Å². The quantitative estimate of drug-likeness (QED) is 0.723. The van der Waals surface area contributed by atoms with Gasteiger partial charge in [0.05, 0.1) is 5.56 Å². The lowest BCUT2D eigenvalue weighted by Gasteiger charge is -2.16. The molecule has 2 rings (SSSR count). The average molecular weight is 290 g/mol. The molecule has 4 heteroatoms. The van der Waals surface area contributed by atoms with Gasteiger partial charge in [-0.25, -0.2) is 0 Å². The summed E-state index contributed by atoms with van der Waals surface area (Å²) in [5.41, 5.74) is 1.06. The zero-order valence-corrected chi connectivity index (χ0v) is 11.6. The first-order valence-electron chi connectivity index (χ1n) is 6.76. The molecule has 1 unspecified atom stereocenters. The molecule has 2 nitrogen and oxygen atoms in total. The summed E-state index contributed by atoms with van der Waals surface area (Å²) in [5.74, 6) is -0.652. The smallest absolute Gasteiger partial charge is 0.387 e. The van der Waals surface area contributed by atoms with E-state index in [1.807, 2.05) is 37.3 Å². The highest BCUT2D eigenvalue weighted by Gasteiger charge is 2.23. The Labute approximate surface area is 122 Å². The number of para-hydroxylation sites is 1. The highest BCUT2D eigenvalue weighted by molar-refractivity contribution is 6.03. The van der Waals surface area contributed by atoms with Gasteiger partial charge in [0.1, 0.15) is 5.75 Å². The molecule has 0 radical (unpaired) electrons. The summed E-state index contributed by atoms with van der Waals surface area (Å²) in [5, 5.41) is 0. The molecule has 0 aliphatic rings. The van der Waals surface area contributed by atoms with Crippen LogP contribution in [0.5, 0.6) is 5.75 Å². The van der Waals surface area contributed by atoms with Crippen molar-refractivity contribution in [3.63, 3.8) is 0 Å². The molecule has 0 heterocycles. The Bertz CT molecular complexity index is 597. The highest BCUT2D eigenvalue weighted by atomic mass is 19.3. The van der Waals surface area contributed by atoms with Gasteiger partial charge >= 0.3 is 6.61 Å². The van der Waals surface area contributed by atoms with Crippen molar-refractivity contribution in [1.29, 1.82) is 0 Å². The average Bonchev–Trinajstić information content (AvgIpc) is 2.49. The first-order valence-corrected chi connectivity index (χ1v) is 6.76. The normalized spacial score (nSPS) is 12.2. The number of alkyl halides is 2. The summed E-state index contributed by atoms with van der Waals surface area (Å²) >= 11 is 0. The zero-order valence-electron chi connectivity index (χ0n) is 11.6. The minimum atomic E-state index is -2.95. The number of hydrogen-bond donors (Lipinski definition) is 0. The van der Waals surface area contributed by atoms with Gasteiger partial charge in [0.15, 0.2) is 5.78 Å². The van der Waals surface area contributed by atoms with E-state index in [-0.39, 0.29) is 23.0 Å². The van der Waals surface area contributed by atoms with E-state index in [0.29, 0.717) is 6.42 Å². The van der Waals surface area contributed by atoms with Crippen LogP contribution < -0.4 is 4.74 Å². The van der Waals surface area contributed by atoms with E-state index in [4.69, 9.17) is 0 Å². The van der Waals surface area contributed by atoms with Gasteiger partial charge in [-0.05, 0) is 24.1 Å². The van der Waals surface area contributed by atoms with E-state index in [0.717, 1.165) is 5.56 Å². The topological polar surface area (TPSA) is 26.3 Å². The molecule has 0 saturated heterocycles. The van der Waals surface area contributed by atoms with Crippen LogP contribution >= 0.6 is 0 Å². The molecule has 0 spiro atoms. The van der Waals surface area contributed by atoms with Crippen molar-refractivity contribution in [1.82, 2.24) is 0 Å². The number of hydrogen-bond acceptors (Lipinski definition) is 2. The van der Waals surface area contributed by atoms with Crippen LogP contribution in [0.15, 0.2) is 54.6 Å². The van der Waals surface area contributed by atoms with Crippen molar-refractivity contribution in [2.45, 2.75) is 25.9 Å². The Hall–Kier alpha value is -2.23. The number of carbonyl (C=O) groups excluding carboxylic acids is 1. The third-order valence-corrected chi connectivity index (χ3v) is 3.30. The maximum atomic E-state index is 12.7. The van der Waals surface area contributed by atoms with Gasteiger partial charge in [0, 0.05) is 5.92 Å². The number of benzene rings is 2. The van der Waals surface area contributed by atoms with Gasteiger partial charge in [-0.1, -0.05) is 49.4 Å². The van der Waals surface area contributed by atoms with E-state index in [1.54, 1.807) is 12.1 Å². The summed E-state index contributed by atoms with van der Waals surface area (Å²) < 4.78 is 29.3. The van der Waals surface area contributed by atoms with Gasteiger partial charge in [-0.3, -0.25) is 4.79 Å². The second kappa shape index (κ2) is 6.97. The summed E-state index contributed by atoms with van der Waals surface area (Å²) in [6.07, 6.45) is 0.589. The molecule has 110 valence electrons.